The first-order chi connectivity index (χ1) is 14.3. The molecule has 1 N–H and O–H groups in total. The minimum Gasteiger partial charge on any atom is -0.497 e. The second-order valence-electron chi connectivity index (χ2n) is 7.20. The highest BCUT2D eigenvalue weighted by Crippen LogP contribution is 2.25. The van der Waals surface area contributed by atoms with Crippen molar-refractivity contribution in [2.24, 2.45) is 0 Å². The number of nitrogens with zero attached hydrogens (tertiary/aromatic N) is 2. The largest absolute Gasteiger partial charge is 0.497 e. The lowest BCUT2D eigenvalue weighted by molar-refractivity contribution is 0.0651. The molecule has 2 rings (SSSR count). The number of ether oxygens (including phenoxy) is 2. The molecule has 0 aliphatic heterocycles. The summed E-state index contributed by atoms with van der Waals surface area (Å²) in [6.07, 6.45) is 2.88. The Morgan fingerprint density at radius 3 is 2.27 bits per heavy atom. The average Bonchev–Trinajstić information content (AvgIpc) is 3.24. The highest BCUT2D eigenvalue weighted by Gasteiger charge is 2.25. The van der Waals surface area contributed by atoms with Crippen LogP contribution in [0.4, 0.5) is 0 Å². The maximum Gasteiger partial charge on any atom is 0.273 e. The van der Waals surface area contributed by atoms with Crippen molar-refractivity contribution in [3.63, 3.8) is 0 Å². The normalized spacial score (nSPS) is 12.7. The monoisotopic (exact) mass is 417 g/mol. The Balaban J connectivity index is 2.25. The molecule has 2 atom stereocenters. The number of hydrogen-bond acceptors (Lipinski definition) is 6. The van der Waals surface area contributed by atoms with Crippen LogP contribution in [0.5, 0.6) is 11.5 Å². The first kappa shape index (κ1) is 23.3. The van der Waals surface area contributed by atoms with Crippen molar-refractivity contribution in [2.45, 2.75) is 59.2 Å². The summed E-state index contributed by atoms with van der Waals surface area (Å²) in [5.41, 5.74) is 0.637. The predicted molar refractivity (Wildman–Crippen MR) is 113 cm³/mol. The molecule has 2 amide bonds. The van der Waals surface area contributed by atoms with Gasteiger partial charge < -0.3 is 24.1 Å². The summed E-state index contributed by atoms with van der Waals surface area (Å²) in [4.78, 5) is 31.5. The summed E-state index contributed by atoms with van der Waals surface area (Å²) in [5.74, 6) is 0.861. The van der Waals surface area contributed by atoms with Gasteiger partial charge in [-0.15, -0.1) is 0 Å². The fourth-order valence-electron chi connectivity index (χ4n) is 2.78. The van der Waals surface area contributed by atoms with Crippen LogP contribution >= 0.6 is 0 Å². The number of aromatic nitrogens is 1. The van der Waals surface area contributed by atoms with Gasteiger partial charge in [0.15, 0.2) is 5.69 Å². The van der Waals surface area contributed by atoms with Crippen molar-refractivity contribution >= 4 is 11.8 Å². The fraction of sp³-hybridized carbons (Fsp3) is 0.500. The molecule has 0 fully saturated rings. The van der Waals surface area contributed by atoms with Crippen LogP contribution in [0.15, 0.2) is 28.9 Å². The van der Waals surface area contributed by atoms with Gasteiger partial charge in [0.1, 0.15) is 17.8 Å². The quantitative estimate of drug-likeness (QED) is 0.634. The third kappa shape index (κ3) is 5.75. The van der Waals surface area contributed by atoms with Gasteiger partial charge in [-0.2, -0.15) is 0 Å². The number of carbonyl (C=O) groups excluding carboxylic acids is 2. The fourth-order valence-corrected chi connectivity index (χ4v) is 2.78. The zero-order chi connectivity index (χ0) is 22.3. The van der Waals surface area contributed by atoms with E-state index < -0.39 is 0 Å². The summed E-state index contributed by atoms with van der Waals surface area (Å²) < 4.78 is 16.0. The smallest absolute Gasteiger partial charge is 0.273 e. The summed E-state index contributed by atoms with van der Waals surface area (Å²) in [7, 11) is 3.07. The van der Waals surface area contributed by atoms with E-state index in [1.54, 1.807) is 23.1 Å². The predicted octanol–water partition coefficient (Wildman–Crippen LogP) is 3.66. The zero-order valence-electron chi connectivity index (χ0n) is 18.5. The van der Waals surface area contributed by atoms with Gasteiger partial charge in [-0.05, 0) is 38.8 Å². The molecule has 164 valence electrons. The van der Waals surface area contributed by atoms with Gasteiger partial charge in [-0.1, -0.05) is 13.8 Å². The summed E-state index contributed by atoms with van der Waals surface area (Å²) >= 11 is 0. The molecule has 8 heteroatoms. The van der Waals surface area contributed by atoms with Crippen molar-refractivity contribution in [3.05, 3.63) is 41.6 Å². The molecule has 8 nitrogen and oxygen atoms in total. The van der Waals surface area contributed by atoms with Crippen molar-refractivity contribution in [3.8, 4) is 11.5 Å². The highest BCUT2D eigenvalue weighted by molar-refractivity contribution is 5.95. The molecular weight excluding hydrogens is 386 g/mol. The average molecular weight is 418 g/mol. The molecule has 0 aliphatic rings. The molecule has 30 heavy (non-hydrogen) atoms. The molecule has 0 aliphatic carbocycles. The molecule has 0 saturated carbocycles. The second-order valence-corrected chi connectivity index (χ2v) is 7.20. The Hall–Kier alpha value is -3.03. The van der Waals surface area contributed by atoms with Gasteiger partial charge in [0.05, 0.1) is 20.8 Å². The van der Waals surface area contributed by atoms with Crippen LogP contribution in [0.3, 0.4) is 0 Å². The number of methoxy groups -OCH3 is 2. The molecule has 2 aromatic rings. The van der Waals surface area contributed by atoms with Crippen molar-refractivity contribution in [1.29, 1.82) is 0 Å². The van der Waals surface area contributed by atoms with Gasteiger partial charge in [0, 0.05) is 23.7 Å². The van der Waals surface area contributed by atoms with Gasteiger partial charge in [0.25, 0.3) is 11.8 Å². The van der Waals surface area contributed by atoms with Crippen LogP contribution in [-0.4, -0.2) is 48.0 Å². The molecule has 0 spiro atoms. The molecule has 0 unspecified atom stereocenters. The van der Waals surface area contributed by atoms with Gasteiger partial charge >= 0.3 is 0 Å². The van der Waals surface area contributed by atoms with E-state index in [4.69, 9.17) is 13.9 Å². The first-order valence-corrected chi connectivity index (χ1v) is 10.1. The molecule has 0 saturated heterocycles. The molecule has 1 aromatic carbocycles. The third-order valence-electron chi connectivity index (χ3n) is 5.06. The maximum absolute atomic E-state index is 13.3. The van der Waals surface area contributed by atoms with Crippen molar-refractivity contribution < 1.29 is 23.5 Å². The number of rotatable bonds is 10. The lowest BCUT2D eigenvalue weighted by Crippen LogP contribution is -2.38. The van der Waals surface area contributed by atoms with Crippen LogP contribution in [0.1, 0.15) is 67.3 Å². The minimum atomic E-state index is -0.293. The van der Waals surface area contributed by atoms with E-state index in [1.807, 2.05) is 27.7 Å². The molecular formula is C22H31N3O5. The Kier molecular flexibility index (Phi) is 8.26. The maximum atomic E-state index is 13.3. The van der Waals surface area contributed by atoms with Crippen molar-refractivity contribution in [2.75, 3.05) is 14.2 Å². The second kappa shape index (κ2) is 10.7. The molecule has 0 radical (unpaired) electrons. The van der Waals surface area contributed by atoms with Gasteiger partial charge in [-0.3, -0.25) is 9.59 Å². The van der Waals surface area contributed by atoms with Crippen LogP contribution in [0.25, 0.3) is 0 Å². The van der Waals surface area contributed by atoms with Crippen LogP contribution in [-0.2, 0) is 6.54 Å². The molecule has 1 heterocycles. The Morgan fingerprint density at radius 2 is 1.73 bits per heavy atom. The van der Waals surface area contributed by atoms with E-state index in [9.17, 15) is 9.59 Å². The Morgan fingerprint density at radius 1 is 1.10 bits per heavy atom. The number of oxazole rings is 1. The standard InChI is InChI=1S/C22H31N3O5/c1-7-14(3)23-21(26)19-13-30-20(24-19)12-25(15(4)8-2)22(27)16-9-17(28-5)11-18(10-16)29-6/h9-11,13-15H,7-8,12H2,1-6H3,(H,23,26)/t14-,15-/m0/s1. The third-order valence-corrected chi connectivity index (χ3v) is 5.06. The van der Waals surface area contributed by atoms with E-state index in [1.165, 1.54) is 20.5 Å². The van der Waals surface area contributed by atoms with Crippen LogP contribution < -0.4 is 14.8 Å². The van der Waals surface area contributed by atoms with Crippen molar-refractivity contribution in [1.82, 2.24) is 15.2 Å². The van der Waals surface area contributed by atoms with Gasteiger partial charge in [-0.25, -0.2) is 4.98 Å². The van der Waals surface area contributed by atoms with Crippen LogP contribution in [0.2, 0.25) is 0 Å². The summed E-state index contributed by atoms with van der Waals surface area (Å²) in [6.45, 7) is 8.00. The number of carbonyl (C=O) groups is 2. The lowest BCUT2D eigenvalue weighted by atomic mass is 10.1. The summed E-state index contributed by atoms with van der Waals surface area (Å²) in [5, 5.41) is 2.85. The minimum absolute atomic E-state index is 0.0406. The van der Waals surface area contributed by atoms with E-state index in [-0.39, 0.29) is 36.1 Å². The Labute approximate surface area is 177 Å². The SMILES string of the molecule is CC[C@H](C)NC(=O)c1coc(CN(C(=O)c2cc(OC)cc(OC)c2)[C@@H](C)CC)n1. The first-order valence-electron chi connectivity index (χ1n) is 10.1. The van der Waals surface area contributed by atoms with E-state index >= 15 is 0 Å². The highest BCUT2D eigenvalue weighted by atomic mass is 16.5. The number of benzene rings is 1. The number of nitrogens with one attached hydrogen (secondary N) is 1. The molecule has 0 bridgehead atoms. The van der Waals surface area contributed by atoms with E-state index in [2.05, 4.69) is 10.3 Å². The molecule has 1 aromatic heterocycles. The van der Waals surface area contributed by atoms with Gasteiger partial charge in [0.2, 0.25) is 5.89 Å². The number of hydrogen-bond donors (Lipinski definition) is 1. The van der Waals surface area contributed by atoms with E-state index in [0.29, 0.717) is 23.0 Å². The number of amides is 2. The van der Waals surface area contributed by atoms with Crippen LogP contribution in [0, 0.1) is 0 Å². The topological polar surface area (TPSA) is 93.9 Å². The Bertz CT molecular complexity index is 842. The zero-order valence-corrected chi connectivity index (χ0v) is 18.5. The summed E-state index contributed by atoms with van der Waals surface area (Å²) in [6, 6.07) is 5.01. The lowest BCUT2D eigenvalue weighted by Gasteiger charge is -2.27. The van der Waals surface area contributed by atoms with E-state index in [0.717, 1.165) is 12.8 Å².